The van der Waals surface area contributed by atoms with Crippen molar-refractivity contribution in [3.05, 3.63) is 11.7 Å². The summed E-state index contributed by atoms with van der Waals surface area (Å²) in [6.07, 6.45) is -0.0695. The molecule has 0 amide bonds. The fourth-order valence-electron chi connectivity index (χ4n) is 1.17. The van der Waals surface area contributed by atoms with Crippen LogP contribution in [0.25, 0.3) is 0 Å². The van der Waals surface area contributed by atoms with Gasteiger partial charge in [-0.1, -0.05) is 5.16 Å². The minimum Gasteiger partial charge on any atom is -0.366 e. The van der Waals surface area contributed by atoms with E-state index in [1.807, 2.05) is 0 Å². The van der Waals surface area contributed by atoms with Gasteiger partial charge in [0.25, 0.3) is 5.89 Å². The van der Waals surface area contributed by atoms with Gasteiger partial charge in [-0.15, -0.1) is 0 Å². The van der Waals surface area contributed by atoms with Gasteiger partial charge in [0.1, 0.15) is 6.10 Å². The maximum absolute atomic E-state index is 5.42. The average molecular weight is 169 g/mol. The summed E-state index contributed by atoms with van der Waals surface area (Å²) in [4.78, 5) is 4.09. The molecule has 1 aromatic rings. The van der Waals surface area contributed by atoms with E-state index in [2.05, 4.69) is 15.5 Å². The van der Waals surface area contributed by atoms with Crippen LogP contribution in [0, 0.1) is 6.92 Å². The van der Waals surface area contributed by atoms with Crippen LogP contribution in [0.2, 0.25) is 0 Å². The summed E-state index contributed by atoms with van der Waals surface area (Å²) in [5.74, 6) is 1.22. The lowest BCUT2D eigenvalue weighted by Gasteiger charge is -2.19. The number of hydrogen-bond acceptors (Lipinski definition) is 5. The molecule has 1 N–H and O–H groups in total. The van der Waals surface area contributed by atoms with Crippen molar-refractivity contribution in [2.24, 2.45) is 0 Å². The Hall–Kier alpha value is -0.940. The molecule has 66 valence electrons. The predicted molar refractivity (Wildman–Crippen MR) is 40.6 cm³/mol. The highest BCUT2D eigenvalue weighted by Gasteiger charge is 2.20. The third-order valence-electron chi connectivity index (χ3n) is 1.75. The topological polar surface area (TPSA) is 60.2 Å². The molecule has 0 aliphatic carbocycles. The lowest BCUT2D eigenvalue weighted by molar-refractivity contribution is 0.00755. The van der Waals surface area contributed by atoms with E-state index in [0.717, 1.165) is 13.1 Å². The molecule has 1 saturated heterocycles. The Bertz CT molecular complexity index is 255. The molecule has 1 atom stereocenters. The van der Waals surface area contributed by atoms with Crippen LogP contribution in [0.15, 0.2) is 4.52 Å². The molecule has 5 heteroatoms. The monoisotopic (exact) mass is 169 g/mol. The molecule has 1 aromatic heterocycles. The molecule has 1 aliphatic rings. The quantitative estimate of drug-likeness (QED) is 0.643. The van der Waals surface area contributed by atoms with Gasteiger partial charge in [0, 0.05) is 13.1 Å². The Morgan fingerprint density at radius 1 is 1.58 bits per heavy atom. The summed E-state index contributed by atoms with van der Waals surface area (Å²) >= 11 is 0. The summed E-state index contributed by atoms with van der Waals surface area (Å²) < 4.78 is 10.4. The first-order valence-corrected chi connectivity index (χ1v) is 3.99. The van der Waals surface area contributed by atoms with E-state index < -0.39 is 0 Å². The van der Waals surface area contributed by atoms with Crippen LogP contribution in [0.4, 0.5) is 0 Å². The number of nitrogens with one attached hydrogen (secondary N) is 1. The Labute approximate surface area is 70.1 Å². The first-order chi connectivity index (χ1) is 5.86. The first-order valence-electron chi connectivity index (χ1n) is 3.99. The third-order valence-corrected chi connectivity index (χ3v) is 1.75. The maximum atomic E-state index is 5.42. The fourth-order valence-corrected chi connectivity index (χ4v) is 1.17. The molecule has 0 aromatic carbocycles. The summed E-state index contributed by atoms with van der Waals surface area (Å²) in [6.45, 7) is 4.14. The van der Waals surface area contributed by atoms with Crippen molar-refractivity contribution in [2.45, 2.75) is 13.0 Å². The molecule has 5 nitrogen and oxygen atoms in total. The summed E-state index contributed by atoms with van der Waals surface area (Å²) in [5.41, 5.74) is 0. The standard InChI is InChI=1S/C7H11N3O2/c1-5-9-7(12-10-5)6-4-8-2-3-11-6/h6,8H,2-4H2,1H3. The van der Waals surface area contributed by atoms with E-state index in [1.54, 1.807) is 6.92 Å². The second-order valence-electron chi connectivity index (χ2n) is 2.74. The number of nitrogens with zero attached hydrogens (tertiary/aromatic N) is 2. The number of rotatable bonds is 1. The van der Waals surface area contributed by atoms with E-state index in [0.29, 0.717) is 18.3 Å². The molecular weight excluding hydrogens is 158 g/mol. The summed E-state index contributed by atoms with van der Waals surface area (Å²) in [7, 11) is 0. The van der Waals surface area contributed by atoms with Crippen molar-refractivity contribution in [1.82, 2.24) is 15.5 Å². The Morgan fingerprint density at radius 2 is 2.50 bits per heavy atom. The zero-order chi connectivity index (χ0) is 8.39. The molecule has 2 heterocycles. The van der Waals surface area contributed by atoms with Crippen molar-refractivity contribution in [2.75, 3.05) is 19.7 Å². The fraction of sp³-hybridized carbons (Fsp3) is 0.714. The number of aromatic nitrogens is 2. The molecule has 1 unspecified atom stereocenters. The molecule has 1 aliphatic heterocycles. The van der Waals surface area contributed by atoms with Crippen LogP contribution >= 0.6 is 0 Å². The highest BCUT2D eigenvalue weighted by molar-refractivity contribution is 4.90. The van der Waals surface area contributed by atoms with E-state index in [4.69, 9.17) is 9.26 Å². The molecule has 0 spiro atoms. The van der Waals surface area contributed by atoms with Crippen molar-refractivity contribution in [3.8, 4) is 0 Å². The largest absolute Gasteiger partial charge is 0.366 e. The van der Waals surface area contributed by atoms with Crippen LogP contribution in [-0.4, -0.2) is 29.8 Å². The lowest BCUT2D eigenvalue weighted by Crippen LogP contribution is -2.33. The zero-order valence-electron chi connectivity index (χ0n) is 6.91. The molecule has 0 bridgehead atoms. The van der Waals surface area contributed by atoms with Gasteiger partial charge in [0.05, 0.1) is 6.61 Å². The van der Waals surface area contributed by atoms with Crippen LogP contribution in [0.3, 0.4) is 0 Å². The molecular formula is C7H11N3O2. The van der Waals surface area contributed by atoms with Crippen molar-refractivity contribution >= 4 is 0 Å². The van der Waals surface area contributed by atoms with Gasteiger partial charge in [-0.3, -0.25) is 0 Å². The molecule has 0 radical (unpaired) electrons. The van der Waals surface area contributed by atoms with Crippen molar-refractivity contribution in [3.63, 3.8) is 0 Å². The number of aryl methyl sites for hydroxylation is 1. The minimum atomic E-state index is -0.0695. The van der Waals surface area contributed by atoms with E-state index in [-0.39, 0.29) is 6.10 Å². The van der Waals surface area contributed by atoms with Crippen LogP contribution < -0.4 is 5.32 Å². The van der Waals surface area contributed by atoms with Gasteiger partial charge >= 0.3 is 0 Å². The Morgan fingerprint density at radius 3 is 3.08 bits per heavy atom. The SMILES string of the molecule is Cc1noc(C2CNCCO2)n1. The number of morpholine rings is 1. The molecule has 1 fully saturated rings. The number of ether oxygens (including phenoxy) is 1. The highest BCUT2D eigenvalue weighted by atomic mass is 16.5. The van der Waals surface area contributed by atoms with Gasteiger partial charge in [-0.25, -0.2) is 0 Å². The lowest BCUT2D eigenvalue weighted by atomic mass is 10.3. The molecule has 0 saturated carbocycles. The number of hydrogen-bond donors (Lipinski definition) is 1. The molecule has 2 rings (SSSR count). The third kappa shape index (κ3) is 1.46. The Balaban J connectivity index is 2.08. The first kappa shape index (κ1) is 7.70. The Kier molecular flexibility index (Phi) is 2.05. The molecule has 12 heavy (non-hydrogen) atoms. The van der Waals surface area contributed by atoms with Crippen molar-refractivity contribution < 1.29 is 9.26 Å². The van der Waals surface area contributed by atoms with E-state index in [1.165, 1.54) is 0 Å². The van der Waals surface area contributed by atoms with Gasteiger partial charge in [-0.05, 0) is 6.92 Å². The second kappa shape index (κ2) is 3.20. The van der Waals surface area contributed by atoms with Gasteiger partial charge < -0.3 is 14.6 Å². The average Bonchev–Trinajstić information content (AvgIpc) is 2.54. The van der Waals surface area contributed by atoms with E-state index in [9.17, 15) is 0 Å². The van der Waals surface area contributed by atoms with Gasteiger partial charge in [-0.2, -0.15) is 4.98 Å². The van der Waals surface area contributed by atoms with Crippen LogP contribution in [-0.2, 0) is 4.74 Å². The van der Waals surface area contributed by atoms with E-state index >= 15 is 0 Å². The maximum Gasteiger partial charge on any atom is 0.257 e. The summed E-state index contributed by atoms with van der Waals surface area (Å²) in [6, 6.07) is 0. The predicted octanol–water partition coefficient (Wildman–Crippen LogP) is 0.0389. The highest BCUT2D eigenvalue weighted by Crippen LogP contribution is 2.15. The van der Waals surface area contributed by atoms with Crippen LogP contribution in [0.1, 0.15) is 17.8 Å². The van der Waals surface area contributed by atoms with Gasteiger partial charge in [0.2, 0.25) is 0 Å². The van der Waals surface area contributed by atoms with Gasteiger partial charge in [0.15, 0.2) is 5.82 Å². The smallest absolute Gasteiger partial charge is 0.257 e. The minimum absolute atomic E-state index is 0.0695. The zero-order valence-corrected chi connectivity index (χ0v) is 6.91. The summed E-state index contributed by atoms with van der Waals surface area (Å²) in [5, 5.41) is 6.89. The second-order valence-corrected chi connectivity index (χ2v) is 2.74. The van der Waals surface area contributed by atoms with Crippen LogP contribution in [0.5, 0.6) is 0 Å². The van der Waals surface area contributed by atoms with Crippen molar-refractivity contribution in [1.29, 1.82) is 0 Å². The normalized spacial score (nSPS) is 24.2.